The van der Waals surface area contributed by atoms with E-state index in [4.69, 9.17) is 4.74 Å². The number of sulfonamides is 1. The summed E-state index contributed by atoms with van der Waals surface area (Å²) in [5, 5.41) is 9.22. The number of benzene rings is 2. The van der Waals surface area contributed by atoms with Gasteiger partial charge in [0.1, 0.15) is 10.6 Å². The molecule has 0 saturated carbocycles. The smallest absolute Gasteiger partial charge is 0.335 e. The van der Waals surface area contributed by atoms with E-state index in [1.807, 2.05) is 6.92 Å². The van der Waals surface area contributed by atoms with Gasteiger partial charge >= 0.3 is 5.97 Å². The highest BCUT2D eigenvalue weighted by Crippen LogP contribution is 2.35. The summed E-state index contributed by atoms with van der Waals surface area (Å²) < 4.78 is 33.0. The van der Waals surface area contributed by atoms with Crippen molar-refractivity contribution in [2.45, 2.75) is 24.7 Å². The van der Waals surface area contributed by atoms with Crippen LogP contribution >= 0.6 is 0 Å². The van der Waals surface area contributed by atoms with Gasteiger partial charge in [0.25, 0.3) is 10.0 Å². The molecule has 0 unspecified atom stereocenters. The predicted molar refractivity (Wildman–Crippen MR) is 94.0 cm³/mol. The summed E-state index contributed by atoms with van der Waals surface area (Å²) in [6.07, 6.45) is 1.39. The minimum absolute atomic E-state index is 0.0667. The summed E-state index contributed by atoms with van der Waals surface area (Å²) in [6, 6.07) is 9.60. The molecule has 0 saturated heterocycles. The van der Waals surface area contributed by atoms with Gasteiger partial charge in [0.2, 0.25) is 0 Å². The lowest BCUT2D eigenvalue weighted by molar-refractivity contribution is 0.0697. The summed E-state index contributed by atoms with van der Waals surface area (Å²) in [6.45, 7) is 2.11. The Morgan fingerprint density at radius 3 is 2.64 bits per heavy atom. The minimum Gasteiger partial charge on any atom is -0.495 e. The fourth-order valence-electron chi connectivity index (χ4n) is 3.03. The SMILES string of the molecule is COc1ccc(C)cc1S(=O)(=O)N1CCCc2ccc(C(=O)O)cc21. The van der Waals surface area contributed by atoms with Crippen LogP contribution in [0, 0.1) is 6.92 Å². The number of carbonyl (C=O) groups is 1. The average Bonchev–Trinajstić information content (AvgIpc) is 2.60. The van der Waals surface area contributed by atoms with Gasteiger partial charge in [-0.25, -0.2) is 13.2 Å². The number of nitrogens with zero attached hydrogens (tertiary/aromatic N) is 1. The van der Waals surface area contributed by atoms with E-state index in [0.717, 1.165) is 11.1 Å². The summed E-state index contributed by atoms with van der Waals surface area (Å²) in [4.78, 5) is 11.4. The lowest BCUT2D eigenvalue weighted by Gasteiger charge is -2.31. The molecule has 0 atom stereocenters. The molecular formula is C18H19NO5S. The number of carboxylic acids is 1. The van der Waals surface area contributed by atoms with Crippen LogP contribution in [-0.4, -0.2) is 33.1 Å². The summed E-state index contributed by atoms with van der Waals surface area (Å²) >= 11 is 0. The van der Waals surface area contributed by atoms with Crippen molar-refractivity contribution in [1.29, 1.82) is 0 Å². The predicted octanol–water partition coefficient (Wildman–Crippen LogP) is 2.84. The molecule has 0 fully saturated rings. The molecule has 2 aromatic carbocycles. The summed E-state index contributed by atoms with van der Waals surface area (Å²) in [7, 11) is -2.44. The van der Waals surface area contributed by atoms with Gasteiger partial charge in [-0.1, -0.05) is 12.1 Å². The fraction of sp³-hybridized carbons (Fsp3) is 0.278. The van der Waals surface area contributed by atoms with Gasteiger partial charge in [0, 0.05) is 6.54 Å². The molecule has 0 amide bonds. The zero-order valence-electron chi connectivity index (χ0n) is 14.0. The van der Waals surface area contributed by atoms with Crippen LogP contribution in [0.2, 0.25) is 0 Å². The van der Waals surface area contributed by atoms with Crippen molar-refractivity contribution in [2.75, 3.05) is 18.0 Å². The summed E-state index contributed by atoms with van der Waals surface area (Å²) in [5.41, 5.74) is 2.12. The van der Waals surface area contributed by atoms with Gasteiger partial charge < -0.3 is 9.84 Å². The highest BCUT2D eigenvalue weighted by Gasteiger charge is 2.32. The Morgan fingerprint density at radius 2 is 1.96 bits per heavy atom. The van der Waals surface area contributed by atoms with Gasteiger partial charge in [-0.05, 0) is 55.2 Å². The van der Waals surface area contributed by atoms with E-state index in [1.165, 1.54) is 23.5 Å². The van der Waals surface area contributed by atoms with Crippen molar-refractivity contribution >= 4 is 21.7 Å². The Morgan fingerprint density at radius 1 is 1.20 bits per heavy atom. The molecule has 1 aliphatic heterocycles. The lowest BCUT2D eigenvalue weighted by atomic mass is 10.0. The quantitative estimate of drug-likeness (QED) is 0.905. The molecule has 0 bridgehead atoms. The van der Waals surface area contributed by atoms with Crippen LogP contribution in [0.25, 0.3) is 0 Å². The number of aryl methyl sites for hydroxylation is 2. The Labute approximate surface area is 146 Å². The topological polar surface area (TPSA) is 83.9 Å². The molecule has 2 aromatic rings. The molecule has 0 radical (unpaired) electrons. The third kappa shape index (κ3) is 3.07. The van der Waals surface area contributed by atoms with Crippen LogP contribution in [0.1, 0.15) is 27.9 Å². The van der Waals surface area contributed by atoms with Gasteiger partial charge in [0.15, 0.2) is 0 Å². The van der Waals surface area contributed by atoms with Crippen LogP contribution in [-0.2, 0) is 16.4 Å². The third-order valence-electron chi connectivity index (χ3n) is 4.30. The Bertz CT molecular complexity index is 936. The van der Waals surface area contributed by atoms with Crippen molar-refractivity contribution in [1.82, 2.24) is 0 Å². The minimum atomic E-state index is -3.87. The van der Waals surface area contributed by atoms with Gasteiger partial charge in [-0.15, -0.1) is 0 Å². The zero-order chi connectivity index (χ0) is 18.2. The second-order valence-corrected chi connectivity index (χ2v) is 7.81. The molecular weight excluding hydrogens is 342 g/mol. The zero-order valence-corrected chi connectivity index (χ0v) is 14.8. The van der Waals surface area contributed by atoms with Gasteiger partial charge in [-0.2, -0.15) is 0 Å². The summed E-state index contributed by atoms with van der Waals surface area (Å²) in [5.74, 6) is -0.814. The number of hydrogen-bond donors (Lipinski definition) is 1. The van der Waals surface area contributed by atoms with E-state index in [1.54, 1.807) is 24.3 Å². The Balaban J connectivity index is 2.16. The number of carboxylic acid groups (broad SMARTS) is 1. The monoisotopic (exact) mass is 361 g/mol. The van der Waals surface area contributed by atoms with Crippen molar-refractivity contribution in [2.24, 2.45) is 0 Å². The number of rotatable bonds is 4. The van der Waals surface area contributed by atoms with Gasteiger partial charge in [-0.3, -0.25) is 4.31 Å². The average molecular weight is 361 g/mol. The number of methoxy groups -OCH3 is 1. The third-order valence-corrected chi connectivity index (χ3v) is 6.13. The standard InChI is InChI=1S/C18H19NO5S/c1-12-5-8-16(24-2)17(10-12)25(22,23)19-9-3-4-13-6-7-14(18(20)21)11-15(13)19/h5-8,10-11H,3-4,9H2,1-2H3,(H,20,21). The van der Waals surface area contributed by atoms with Crippen molar-refractivity contribution in [3.8, 4) is 5.75 Å². The van der Waals surface area contributed by atoms with Crippen LogP contribution < -0.4 is 9.04 Å². The van der Waals surface area contributed by atoms with Crippen LogP contribution in [0.15, 0.2) is 41.3 Å². The van der Waals surface area contributed by atoms with Crippen LogP contribution in [0.4, 0.5) is 5.69 Å². The molecule has 3 rings (SSSR count). The van der Waals surface area contributed by atoms with E-state index < -0.39 is 16.0 Å². The highest BCUT2D eigenvalue weighted by atomic mass is 32.2. The molecule has 7 heteroatoms. The van der Waals surface area contributed by atoms with Crippen LogP contribution in [0.3, 0.4) is 0 Å². The highest BCUT2D eigenvalue weighted by molar-refractivity contribution is 7.93. The molecule has 1 aliphatic rings. The van der Waals surface area contributed by atoms with Crippen molar-refractivity contribution < 1.29 is 23.1 Å². The molecule has 6 nitrogen and oxygen atoms in total. The number of ether oxygens (including phenoxy) is 1. The first-order chi connectivity index (χ1) is 11.8. The molecule has 0 aromatic heterocycles. The second-order valence-electron chi connectivity index (χ2n) is 5.98. The number of anilines is 1. The largest absolute Gasteiger partial charge is 0.495 e. The molecule has 0 spiro atoms. The van der Waals surface area contributed by atoms with Crippen molar-refractivity contribution in [3.63, 3.8) is 0 Å². The lowest BCUT2D eigenvalue weighted by Crippen LogP contribution is -2.36. The van der Waals surface area contributed by atoms with Gasteiger partial charge in [0.05, 0.1) is 18.4 Å². The van der Waals surface area contributed by atoms with Crippen LogP contribution in [0.5, 0.6) is 5.75 Å². The second kappa shape index (κ2) is 6.40. The Hall–Kier alpha value is -2.54. The molecule has 0 aliphatic carbocycles. The molecule has 132 valence electrons. The first-order valence-electron chi connectivity index (χ1n) is 7.88. The number of aromatic carboxylic acids is 1. The Kier molecular flexibility index (Phi) is 4.43. The normalized spacial score (nSPS) is 14.1. The maximum atomic E-state index is 13.3. The van der Waals surface area contributed by atoms with E-state index in [2.05, 4.69) is 0 Å². The van der Waals surface area contributed by atoms with Crippen molar-refractivity contribution in [3.05, 3.63) is 53.1 Å². The van der Waals surface area contributed by atoms with E-state index >= 15 is 0 Å². The maximum absolute atomic E-state index is 13.3. The molecule has 1 heterocycles. The first kappa shape index (κ1) is 17.3. The number of hydrogen-bond acceptors (Lipinski definition) is 4. The molecule has 25 heavy (non-hydrogen) atoms. The van der Waals surface area contributed by atoms with E-state index in [0.29, 0.717) is 25.1 Å². The van der Waals surface area contributed by atoms with E-state index in [9.17, 15) is 18.3 Å². The first-order valence-corrected chi connectivity index (χ1v) is 9.32. The maximum Gasteiger partial charge on any atom is 0.335 e. The fourth-order valence-corrected chi connectivity index (χ4v) is 4.80. The van der Waals surface area contributed by atoms with E-state index in [-0.39, 0.29) is 16.2 Å². The molecule has 1 N–H and O–H groups in total. The number of fused-ring (bicyclic) bond motifs is 1.